The van der Waals surface area contributed by atoms with Crippen molar-refractivity contribution < 1.29 is 9.53 Å². The third-order valence-corrected chi connectivity index (χ3v) is 2.05. The molecule has 1 aromatic rings. The van der Waals surface area contributed by atoms with Gasteiger partial charge in [-0.1, -0.05) is 0 Å². The van der Waals surface area contributed by atoms with Crippen molar-refractivity contribution in [2.75, 3.05) is 23.8 Å². The Kier molecular flexibility index (Phi) is 2.22. The molecule has 1 saturated heterocycles. The van der Waals surface area contributed by atoms with Crippen molar-refractivity contribution >= 4 is 17.6 Å². The number of cyclic esters (lactones) is 1. The van der Waals surface area contributed by atoms with Gasteiger partial charge in [0.2, 0.25) is 0 Å². The van der Waals surface area contributed by atoms with Crippen LogP contribution in [0.4, 0.5) is 16.3 Å². The number of nitrogens with two attached hydrogens (primary N) is 1. The minimum absolute atomic E-state index is 0.317. The van der Waals surface area contributed by atoms with E-state index in [0.717, 1.165) is 12.1 Å². The zero-order chi connectivity index (χ0) is 9.97. The van der Waals surface area contributed by atoms with Crippen LogP contribution in [0.3, 0.4) is 0 Å². The maximum Gasteiger partial charge on any atom is 0.414 e. The molecule has 0 radical (unpaired) electrons. The van der Waals surface area contributed by atoms with Gasteiger partial charge in [0, 0.05) is 6.54 Å². The lowest BCUT2D eigenvalue weighted by Gasteiger charge is -2.25. The largest absolute Gasteiger partial charge is 0.449 e. The molecular weight excluding hydrogens is 182 g/mol. The van der Waals surface area contributed by atoms with Gasteiger partial charge in [0.05, 0.1) is 18.5 Å². The number of rotatable bonds is 1. The first-order chi connectivity index (χ1) is 6.77. The second kappa shape index (κ2) is 3.53. The first-order valence-electron chi connectivity index (χ1n) is 4.43. The zero-order valence-electron chi connectivity index (χ0n) is 7.64. The Hall–Kier alpha value is -1.78. The Morgan fingerprint density at radius 3 is 3.00 bits per heavy atom. The minimum Gasteiger partial charge on any atom is -0.449 e. The molecule has 2 N–H and O–H groups in total. The number of carbonyl (C=O) groups is 1. The number of carbonyl (C=O) groups excluding carboxylic acids is 1. The average Bonchev–Trinajstić information content (AvgIpc) is 2.20. The van der Waals surface area contributed by atoms with Crippen LogP contribution in [-0.2, 0) is 4.74 Å². The number of ether oxygens (including phenoxy) is 1. The minimum atomic E-state index is -0.317. The van der Waals surface area contributed by atoms with E-state index < -0.39 is 0 Å². The molecule has 0 unspecified atom stereocenters. The number of anilines is 2. The smallest absolute Gasteiger partial charge is 0.414 e. The molecule has 14 heavy (non-hydrogen) atoms. The maximum absolute atomic E-state index is 11.3. The lowest BCUT2D eigenvalue weighted by molar-refractivity contribution is 0.140. The molecule has 2 heterocycles. The molecule has 1 aliphatic heterocycles. The van der Waals surface area contributed by atoms with Gasteiger partial charge in [-0.2, -0.15) is 0 Å². The fraction of sp³-hybridized carbons (Fsp3) is 0.333. The molecule has 1 fully saturated rings. The third kappa shape index (κ3) is 1.61. The van der Waals surface area contributed by atoms with Crippen molar-refractivity contribution in [2.45, 2.75) is 6.42 Å². The number of pyridine rings is 1. The molecule has 5 heteroatoms. The zero-order valence-corrected chi connectivity index (χ0v) is 7.64. The van der Waals surface area contributed by atoms with Gasteiger partial charge in [0.1, 0.15) is 5.82 Å². The fourth-order valence-corrected chi connectivity index (χ4v) is 1.34. The van der Waals surface area contributed by atoms with E-state index in [1.807, 2.05) is 0 Å². The van der Waals surface area contributed by atoms with E-state index in [1.165, 1.54) is 0 Å². The van der Waals surface area contributed by atoms with Crippen LogP contribution >= 0.6 is 0 Å². The Morgan fingerprint density at radius 1 is 1.50 bits per heavy atom. The van der Waals surface area contributed by atoms with Gasteiger partial charge in [0.15, 0.2) is 0 Å². The highest BCUT2D eigenvalue weighted by Gasteiger charge is 2.21. The predicted octanol–water partition coefficient (Wildman–Crippen LogP) is 1.01. The molecule has 2 rings (SSSR count). The summed E-state index contributed by atoms with van der Waals surface area (Å²) in [7, 11) is 0. The molecule has 0 bridgehead atoms. The third-order valence-electron chi connectivity index (χ3n) is 2.05. The Bertz CT molecular complexity index is 336. The van der Waals surface area contributed by atoms with E-state index in [1.54, 1.807) is 23.2 Å². The lowest BCUT2D eigenvalue weighted by Crippen LogP contribution is -2.37. The molecule has 1 aliphatic rings. The Balaban J connectivity index is 2.20. The highest BCUT2D eigenvalue weighted by Crippen LogP contribution is 2.17. The molecule has 0 aromatic carbocycles. The van der Waals surface area contributed by atoms with E-state index in [-0.39, 0.29) is 6.09 Å². The summed E-state index contributed by atoms with van der Waals surface area (Å²) >= 11 is 0. The quantitative estimate of drug-likeness (QED) is 0.722. The van der Waals surface area contributed by atoms with E-state index in [0.29, 0.717) is 19.0 Å². The van der Waals surface area contributed by atoms with Crippen LogP contribution in [0.1, 0.15) is 6.42 Å². The van der Waals surface area contributed by atoms with Crippen molar-refractivity contribution in [3.8, 4) is 0 Å². The van der Waals surface area contributed by atoms with Crippen LogP contribution in [0, 0.1) is 0 Å². The summed E-state index contributed by atoms with van der Waals surface area (Å²) < 4.78 is 4.90. The molecule has 5 nitrogen and oxygen atoms in total. The number of amides is 1. The molecule has 1 aromatic heterocycles. The van der Waals surface area contributed by atoms with Gasteiger partial charge in [-0.25, -0.2) is 9.78 Å². The highest BCUT2D eigenvalue weighted by atomic mass is 16.6. The van der Waals surface area contributed by atoms with Gasteiger partial charge in [0.25, 0.3) is 0 Å². The first kappa shape index (κ1) is 8.80. The van der Waals surface area contributed by atoms with Gasteiger partial charge in [-0.05, 0) is 18.6 Å². The van der Waals surface area contributed by atoms with Gasteiger partial charge in [-0.3, -0.25) is 4.90 Å². The van der Waals surface area contributed by atoms with Crippen LogP contribution in [0.25, 0.3) is 0 Å². The van der Waals surface area contributed by atoms with Gasteiger partial charge in [-0.15, -0.1) is 0 Å². The maximum atomic E-state index is 11.3. The summed E-state index contributed by atoms with van der Waals surface area (Å²) in [5, 5.41) is 0. The Labute approximate surface area is 81.5 Å². The molecule has 0 aliphatic carbocycles. The van der Waals surface area contributed by atoms with E-state index in [4.69, 9.17) is 10.5 Å². The molecule has 0 saturated carbocycles. The van der Waals surface area contributed by atoms with Crippen LogP contribution in [-0.4, -0.2) is 24.2 Å². The Morgan fingerprint density at radius 2 is 2.36 bits per heavy atom. The monoisotopic (exact) mass is 193 g/mol. The lowest BCUT2D eigenvalue weighted by atomic mass is 10.3. The van der Waals surface area contributed by atoms with Crippen molar-refractivity contribution in [1.29, 1.82) is 0 Å². The van der Waals surface area contributed by atoms with Crippen molar-refractivity contribution in [3.05, 3.63) is 18.3 Å². The van der Waals surface area contributed by atoms with Gasteiger partial charge < -0.3 is 10.5 Å². The van der Waals surface area contributed by atoms with Crippen molar-refractivity contribution in [2.24, 2.45) is 0 Å². The van der Waals surface area contributed by atoms with E-state index >= 15 is 0 Å². The number of aromatic nitrogens is 1. The average molecular weight is 193 g/mol. The van der Waals surface area contributed by atoms with Crippen LogP contribution in [0.5, 0.6) is 0 Å². The van der Waals surface area contributed by atoms with Crippen LogP contribution in [0.2, 0.25) is 0 Å². The molecule has 74 valence electrons. The predicted molar refractivity (Wildman–Crippen MR) is 52.0 cm³/mol. The van der Waals surface area contributed by atoms with E-state index in [2.05, 4.69) is 4.98 Å². The summed E-state index contributed by atoms with van der Waals surface area (Å²) in [6.45, 7) is 1.17. The van der Waals surface area contributed by atoms with Crippen LogP contribution < -0.4 is 10.6 Å². The second-order valence-corrected chi connectivity index (χ2v) is 3.06. The first-order valence-corrected chi connectivity index (χ1v) is 4.43. The normalized spacial score (nSPS) is 16.6. The molecule has 0 atom stereocenters. The molecular formula is C9H11N3O2. The van der Waals surface area contributed by atoms with Crippen molar-refractivity contribution in [1.82, 2.24) is 4.98 Å². The number of hydrogen-bond acceptors (Lipinski definition) is 4. The SMILES string of the molecule is Nc1ccc(N2CCCOC2=O)cn1. The summed E-state index contributed by atoms with van der Waals surface area (Å²) in [6, 6.07) is 3.42. The summed E-state index contributed by atoms with van der Waals surface area (Å²) in [5.74, 6) is 0.444. The number of nitrogens with zero attached hydrogens (tertiary/aromatic N) is 2. The summed E-state index contributed by atoms with van der Waals surface area (Å²) in [5.41, 5.74) is 6.17. The number of hydrogen-bond donors (Lipinski definition) is 1. The van der Waals surface area contributed by atoms with E-state index in [9.17, 15) is 4.79 Å². The summed E-state index contributed by atoms with van der Waals surface area (Å²) in [4.78, 5) is 16.8. The molecule has 0 spiro atoms. The van der Waals surface area contributed by atoms with Gasteiger partial charge >= 0.3 is 6.09 Å². The van der Waals surface area contributed by atoms with Crippen molar-refractivity contribution in [3.63, 3.8) is 0 Å². The summed E-state index contributed by atoms with van der Waals surface area (Å²) in [6.07, 6.45) is 2.10. The highest BCUT2D eigenvalue weighted by molar-refractivity contribution is 5.87. The number of nitrogen functional groups attached to an aromatic ring is 1. The standard InChI is InChI=1S/C9H11N3O2/c10-8-3-2-7(6-11-8)12-4-1-5-14-9(12)13/h2-3,6H,1,4-5H2,(H2,10,11). The fourth-order valence-electron chi connectivity index (χ4n) is 1.34. The molecule has 1 amide bonds. The second-order valence-electron chi connectivity index (χ2n) is 3.06. The topological polar surface area (TPSA) is 68.4 Å². The van der Waals surface area contributed by atoms with Crippen LogP contribution in [0.15, 0.2) is 18.3 Å².